The van der Waals surface area contributed by atoms with Crippen LogP contribution in [-0.2, 0) is 21.3 Å². The van der Waals surface area contributed by atoms with E-state index in [1.54, 1.807) is 6.49 Å². The van der Waals surface area contributed by atoms with Crippen molar-refractivity contribution in [3.05, 3.63) is 151 Å². The van der Waals surface area contributed by atoms with Gasteiger partial charge in [0.15, 0.2) is 0 Å². The van der Waals surface area contributed by atoms with E-state index < -0.39 is 21.3 Å². The van der Waals surface area contributed by atoms with E-state index in [0.717, 1.165) is 0 Å². The van der Waals surface area contributed by atoms with E-state index in [-0.39, 0.29) is 30.2 Å². The van der Waals surface area contributed by atoms with Crippen LogP contribution in [0.1, 0.15) is 64.7 Å². The van der Waals surface area contributed by atoms with Crippen molar-refractivity contribution in [2.75, 3.05) is 0 Å². The number of aryl methyl sites for hydroxylation is 2. The molecule has 2 aliphatic rings. The van der Waals surface area contributed by atoms with Crippen LogP contribution in [0.5, 0.6) is 0 Å². The third-order valence-electron chi connectivity index (χ3n) is 8.48. The Morgan fingerprint density at radius 1 is 0.634 bits per heavy atom. The molecule has 4 aromatic rings. The average molecular weight is 657 g/mol. The molecule has 0 spiro atoms. The van der Waals surface area contributed by atoms with Crippen LogP contribution in [0, 0.1) is 25.2 Å². The molecule has 0 heterocycles. The van der Waals surface area contributed by atoms with Crippen molar-refractivity contribution >= 4 is 3.21 Å². The molecule has 1 unspecified atom stereocenters. The molecule has 0 saturated heterocycles. The molecule has 4 aromatic carbocycles. The van der Waals surface area contributed by atoms with Crippen molar-refractivity contribution in [1.29, 1.82) is 0 Å². The van der Waals surface area contributed by atoms with E-state index in [1.165, 1.54) is 50.1 Å². The summed E-state index contributed by atoms with van der Waals surface area (Å²) in [5, 5.41) is 0. The van der Waals surface area contributed by atoms with Crippen LogP contribution >= 0.6 is 0 Å². The van der Waals surface area contributed by atoms with Crippen LogP contribution in [0.2, 0.25) is 0 Å². The molecule has 0 aliphatic heterocycles. The zero-order valence-electron chi connectivity index (χ0n) is 24.8. The second kappa shape index (κ2) is 12.5. The van der Waals surface area contributed by atoms with Crippen LogP contribution in [0.25, 0.3) is 11.1 Å². The molecule has 0 aromatic heterocycles. The fourth-order valence-corrected chi connectivity index (χ4v) is 15.9. The molecule has 0 fully saturated rings. The van der Waals surface area contributed by atoms with Crippen LogP contribution < -0.4 is 24.8 Å². The van der Waals surface area contributed by atoms with Gasteiger partial charge in [-0.05, 0) is 0 Å². The standard InChI is InChI=1S/C15H14.C13H9.C10H15.2ClH.Zr/c1-12-3-7-14(8-4-12)11-15-9-5-13(2)6-10-15;1-3-7-12-10(5-1)9-11-6-2-4-8-13(11)12;1-8-5-6-9(7-8)10(2,3)4;;;/h3-10H,1-2H3;1-9H;6-8H,1-4H3;2*1H;/q;;;;;+2/p-2. The van der Waals surface area contributed by atoms with E-state index >= 15 is 0 Å². The van der Waals surface area contributed by atoms with Gasteiger partial charge in [-0.15, -0.1) is 0 Å². The second-order valence-electron chi connectivity index (χ2n) is 12.4. The first-order valence-electron chi connectivity index (χ1n) is 14.2. The molecule has 0 saturated carbocycles. The van der Waals surface area contributed by atoms with Gasteiger partial charge in [0, 0.05) is 0 Å². The maximum Gasteiger partial charge on any atom is -1.00 e. The second-order valence-corrected chi connectivity index (χ2v) is 18.5. The minimum absolute atomic E-state index is 0. The van der Waals surface area contributed by atoms with Crippen molar-refractivity contribution in [2.24, 2.45) is 11.3 Å². The summed E-state index contributed by atoms with van der Waals surface area (Å²) in [7, 11) is 0. The molecule has 0 N–H and O–H groups in total. The third kappa shape index (κ3) is 5.97. The molecule has 41 heavy (non-hydrogen) atoms. The smallest absolute Gasteiger partial charge is 1.00 e. The van der Waals surface area contributed by atoms with Gasteiger partial charge in [-0.25, -0.2) is 0 Å². The Hall–Kier alpha value is -2.31. The molecule has 0 bridgehead atoms. The molecule has 208 valence electrons. The number of allylic oxidation sites excluding steroid dienone is 4. The van der Waals surface area contributed by atoms with Crippen molar-refractivity contribution in [2.45, 2.75) is 45.2 Å². The van der Waals surface area contributed by atoms with Crippen molar-refractivity contribution in [3.63, 3.8) is 0 Å². The van der Waals surface area contributed by atoms with E-state index in [0.29, 0.717) is 9.54 Å². The normalized spacial score (nSPS) is 15.4. The SMILES string of the molecule is Cc1ccc([C](c2ccc(C)cc2)=[Zr+2]([C]2=CC(C(C)(C)C)=CC2C)[CH]2c3ccccc3-c3ccccc32)cc1.[Cl-].[Cl-]. The average Bonchev–Trinajstić information content (AvgIpc) is 3.47. The quantitative estimate of drug-likeness (QED) is 0.314. The molecule has 0 radical (unpaired) electrons. The maximum absolute atomic E-state index is 2.71. The minimum Gasteiger partial charge on any atom is -1.00 e. The first-order valence-corrected chi connectivity index (χ1v) is 18.1. The van der Waals surface area contributed by atoms with E-state index in [9.17, 15) is 0 Å². The Kier molecular flexibility index (Phi) is 9.65. The Balaban J connectivity index is 0.00000194. The van der Waals surface area contributed by atoms with Gasteiger partial charge >= 0.3 is 244 Å². The molecule has 3 heteroatoms. The van der Waals surface area contributed by atoms with E-state index in [1.807, 2.05) is 0 Å². The van der Waals surface area contributed by atoms with Crippen LogP contribution in [0.3, 0.4) is 0 Å². The first kappa shape index (κ1) is 31.6. The van der Waals surface area contributed by atoms with Gasteiger partial charge in [0.1, 0.15) is 0 Å². The van der Waals surface area contributed by atoms with Gasteiger partial charge < -0.3 is 24.8 Å². The molecular weight excluding hydrogens is 619 g/mol. The van der Waals surface area contributed by atoms with Crippen LogP contribution in [-0.4, -0.2) is 3.21 Å². The Morgan fingerprint density at radius 2 is 1.07 bits per heavy atom. The van der Waals surface area contributed by atoms with Crippen LogP contribution in [0.15, 0.2) is 118 Å². The summed E-state index contributed by atoms with van der Waals surface area (Å²) < 4.78 is 3.78. The fourth-order valence-electron chi connectivity index (χ4n) is 6.34. The summed E-state index contributed by atoms with van der Waals surface area (Å²) >= 11 is -2.71. The summed E-state index contributed by atoms with van der Waals surface area (Å²) in [6, 6.07) is 37.2. The Bertz CT molecular complexity index is 1560. The molecule has 0 nitrogen and oxygen atoms in total. The number of hydrogen-bond acceptors (Lipinski definition) is 0. The van der Waals surface area contributed by atoms with Gasteiger partial charge in [-0.2, -0.15) is 0 Å². The zero-order chi connectivity index (χ0) is 27.3. The molecule has 6 rings (SSSR count). The molecule has 0 amide bonds. The number of rotatable bonds is 4. The van der Waals surface area contributed by atoms with Gasteiger partial charge in [0.25, 0.3) is 0 Å². The Morgan fingerprint density at radius 3 is 1.49 bits per heavy atom. The van der Waals surface area contributed by atoms with Gasteiger partial charge in [-0.1, -0.05) is 0 Å². The van der Waals surface area contributed by atoms with E-state index in [4.69, 9.17) is 0 Å². The third-order valence-corrected chi connectivity index (χ3v) is 17.2. The van der Waals surface area contributed by atoms with Gasteiger partial charge in [0.2, 0.25) is 0 Å². The number of fused-ring (bicyclic) bond motifs is 3. The van der Waals surface area contributed by atoms with Crippen molar-refractivity contribution < 1.29 is 46.1 Å². The summed E-state index contributed by atoms with van der Waals surface area (Å²) in [5.41, 5.74) is 13.0. The summed E-state index contributed by atoms with van der Waals surface area (Å²) in [6.07, 6.45) is 5.19. The monoisotopic (exact) mass is 654 g/mol. The minimum atomic E-state index is -2.71. The van der Waals surface area contributed by atoms with Gasteiger partial charge in [-0.3, -0.25) is 0 Å². The molecular formula is C38H38Cl2Zr. The summed E-state index contributed by atoms with van der Waals surface area (Å²) in [6.45, 7) is 13.9. The van der Waals surface area contributed by atoms with E-state index in [2.05, 4.69) is 151 Å². The topological polar surface area (TPSA) is 0 Å². The van der Waals surface area contributed by atoms with Crippen molar-refractivity contribution in [3.8, 4) is 11.1 Å². The zero-order valence-corrected chi connectivity index (χ0v) is 28.8. The largest absolute Gasteiger partial charge is 1.00 e. The maximum atomic E-state index is 2.63. The van der Waals surface area contributed by atoms with Crippen LogP contribution in [0.4, 0.5) is 0 Å². The summed E-state index contributed by atoms with van der Waals surface area (Å²) in [4.78, 5) is 0. The predicted molar refractivity (Wildman–Crippen MR) is 164 cm³/mol. The van der Waals surface area contributed by atoms with Gasteiger partial charge in [0.05, 0.1) is 0 Å². The Labute approximate surface area is 266 Å². The molecule has 1 atom stereocenters. The predicted octanol–water partition coefficient (Wildman–Crippen LogP) is 3.77. The van der Waals surface area contributed by atoms with Crippen molar-refractivity contribution in [1.82, 2.24) is 0 Å². The first-order chi connectivity index (χ1) is 18.7. The fraction of sp³-hybridized carbons (Fsp3) is 0.237. The number of halogens is 2. The number of hydrogen-bond donors (Lipinski definition) is 0. The molecule has 2 aliphatic carbocycles. The number of benzene rings is 4. The summed E-state index contributed by atoms with van der Waals surface area (Å²) in [5.74, 6) is 0.458.